The van der Waals surface area contributed by atoms with Crippen molar-refractivity contribution in [3.8, 4) is 0 Å². The van der Waals surface area contributed by atoms with Crippen molar-refractivity contribution < 1.29 is 13.3 Å². The molecule has 15 heavy (non-hydrogen) atoms. The monoisotopic (exact) mass is 233 g/mol. The summed E-state index contributed by atoms with van der Waals surface area (Å²) in [6.45, 7) is 10.1. The Balaban J connectivity index is 4.18. The standard InChI is InChI=1S/C11H25O3Si/c1-5-9-10-11-15(12-6-2,13-7-3)14-8-4/h5H,6-11H2,1-4H3. The summed E-state index contributed by atoms with van der Waals surface area (Å²) >= 11 is 0. The minimum atomic E-state index is -2.35. The zero-order valence-corrected chi connectivity index (χ0v) is 11.5. The highest BCUT2D eigenvalue weighted by molar-refractivity contribution is 6.60. The van der Waals surface area contributed by atoms with E-state index < -0.39 is 8.80 Å². The number of hydrogen-bond acceptors (Lipinski definition) is 3. The van der Waals surface area contributed by atoms with E-state index in [2.05, 4.69) is 13.3 Å². The van der Waals surface area contributed by atoms with Crippen LogP contribution in [0, 0.1) is 6.42 Å². The van der Waals surface area contributed by atoms with E-state index in [1.165, 1.54) is 0 Å². The molecule has 0 aromatic carbocycles. The minimum absolute atomic E-state index is 0.669. The molecule has 0 atom stereocenters. The zero-order valence-electron chi connectivity index (χ0n) is 10.5. The summed E-state index contributed by atoms with van der Waals surface area (Å²) < 4.78 is 17.2. The van der Waals surface area contributed by atoms with E-state index in [0.29, 0.717) is 19.8 Å². The summed E-state index contributed by atoms with van der Waals surface area (Å²) in [5.41, 5.74) is 0. The fraction of sp³-hybridized carbons (Fsp3) is 0.909. The summed E-state index contributed by atoms with van der Waals surface area (Å²) in [5.74, 6) is 0. The van der Waals surface area contributed by atoms with Crippen molar-refractivity contribution in [2.24, 2.45) is 0 Å². The maximum absolute atomic E-state index is 5.74. The third kappa shape index (κ3) is 6.30. The fourth-order valence-corrected chi connectivity index (χ4v) is 4.16. The van der Waals surface area contributed by atoms with Crippen molar-refractivity contribution in [1.82, 2.24) is 0 Å². The lowest BCUT2D eigenvalue weighted by molar-refractivity contribution is 0.0708. The molecule has 0 aromatic rings. The number of hydrogen-bond donors (Lipinski definition) is 0. The second-order valence-corrected chi connectivity index (χ2v) is 6.01. The minimum Gasteiger partial charge on any atom is -0.374 e. The molecule has 0 unspecified atom stereocenters. The highest BCUT2D eigenvalue weighted by Gasteiger charge is 2.39. The van der Waals surface area contributed by atoms with Gasteiger partial charge in [-0.1, -0.05) is 13.3 Å². The molecule has 0 bridgehead atoms. The van der Waals surface area contributed by atoms with Gasteiger partial charge in [0.15, 0.2) is 0 Å². The van der Waals surface area contributed by atoms with E-state index in [4.69, 9.17) is 13.3 Å². The van der Waals surface area contributed by atoms with Crippen LogP contribution < -0.4 is 0 Å². The van der Waals surface area contributed by atoms with E-state index in [9.17, 15) is 0 Å². The summed E-state index contributed by atoms with van der Waals surface area (Å²) in [7, 11) is -2.35. The van der Waals surface area contributed by atoms with Crippen LogP contribution in [-0.4, -0.2) is 28.6 Å². The maximum Gasteiger partial charge on any atom is 0.500 e. The predicted molar refractivity (Wildman–Crippen MR) is 64.6 cm³/mol. The Labute approximate surface area is 95.5 Å². The van der Waals surface area contributed by atoms with Gasteiger partial charge in [0.05, 0.1) is 0 Å². The first-order valence-corrected chi connectivity index (χ1v) is 7.87. The quantitative estimate of drug-likeness (QED) is 0.429. The van der Waals surface area contributed by atoms with Gasteiger partial charge in [-0.05, 0) is 33.6 Å². The molecule has 4 heteroatoms. The third-order valence-corrected chi connectivity index (χ3v) is 5.22. The van der Waals surface area contributed by atoms with E-state index in [0.717, 1.165) is 18.9 Å². The van der Waals surface area contributed by atoms with Crippen LogP contribution in [0.2, 0.25) is 6.04 Å². The fourth-order valence-electron chi connectivity index (χ4n) is 1.52. The average molecular weight is 233 g/mol. The van der Waals surface area contributed by atoms with Crippen molar-refractivity contribution in [3.63, 3.8) is 0 Å². The molecule has 0 spiro atoms. The molecule has 3 nitrogen and oxygen atoms in total. The van der Waals surface area contributed by atoms with Crippen molar-refractivity contribution >= 4 is 8.80 Å². The smallest absolute Gasteiger partial charge is 0.374 e. The lowest BCUT2D eigenvalue weighted by Gasteiger charge is -2.28. The summed E-state index contributed by atoms with van der Waals surface area (Å²) in [6.07, 6.45) is 4.35. The highest BCUT2D eigenvalue weighted by atomic mass is 28.4. The van der Waals surface area contributed by atoms with Gasteiger partial charge in [0.1, 0.15) is 0 Å². The van der Waals surface area contributed by atoms with Crippen LogP contribution in [0.4, 0.5) is 0 Å². The molecule has 0 heterocycles. The van der Waals surface area contributed by atoms with Crippen molar-refractivity contribution in [3.05, 3.63) is 6.42 Å². The van der Waals surface area contributed by atoms with Gasteiger partial charge < -0.3 is 13.3 Å². The van der Waals surface area contributed by atoms with Gasteiger partial charge >= 0.3 is 8.80 Å². The van der Waals surface area contributed by atoms with Crippen LogP contribution in [0.5, 0.6) is 0 Å². The van der Waals surface area contributed by atoms with Gasteiger partial charge in [0.2, 0.25) is 0 Å². The van der Waals surface area contributed by atoms with Gasteiger partial charge in [0, 0.05) is 25.9 Å². The maximum atomic E-state index is 5.74. The lowest BCUT2D eigenvalue weighted by Crippen LogP contribution is -2.45. The molecule has 0 aliphatic rings. The third-order valence-electron chi connectivity index (χ3n) is 2.07. The van der Waals surface area contributed by atoms with Crippen LogP contribution in [0.15, 0.2) is 0 Å². The Morgan fingerprint density at radius 3 is 1.73 bits per heavy atom. The van der Waals surface area contributed by atoms with Gasteiger partial charge in [0.25, 0.3) is 0 Å². The molecule has 0 amide bonds. The summed E-state index contributed by atoms with van der Waals surface area (Å²) in [4.78, 5) is 0. The van der Waals surface area contributed by atoms with E-state index in [1.807, 2.05) is 20.8 Å². The Kier molecular flexibility index (Phi) is 9.39. The Bertz CT molecular complexity index is 125. The molecular weight excluding hydrogens is 208 g/mol. The van der Waals surface area contributed by atoms with Crippen LogP contribution in [-0.2, 0) is 13.3 Å². The molecule has 0 rings (SSSR count). The summed E-state index contributed by atoms with van der Waals surface area (Å²) in [6, 6.07) is 0.923. The SMILES string of the molecule is C[CH]CCC[Si](OCC)(OCC)OCC. The van der Waals surface area contributed by atoms with Crippen LogP contribution >= 0.6 is 0 Å². The largest absolute Gasteiger partial charge is 0.500 e. The number of rotatable bonds is 10. The van der Waals surface area contributed by atoms with E-state index in [1.54, 1.807) is 0 Å². The molecule has 0 saturated heterocycles. The van der Waals surface area contributed by atoms with Crippen LogP contribution in [0.1, 0.15) is 40.5 Å². The van der Waals surface area contributed by atoms with E-state index in [-0.39, 0.29) is 0 Å². The van der Waals surface area contributed by atoms with Gasteiger partial charge in [-0.2, -0.15) is 0 Å². The van der Waals surface area contributed by atoms with E-state index >= 15 is 0 Å². The predicted octanol–water partition coefficient (Wildman–Crippen LogP) is 3.04. The Morgan fingerprint density at radius 2 is 1.40 bits per heavy atom. The Hall–Kier alpha value is 0.0969. The van der Waals surface area contributed by atoms with Crippen molar-refractivity contribution in [1.29, 1.82) is 0 Å². The normalized spacial score (nSPS) is 12.0. The van der Waals surface area contributed by atoms with Gasteiger partial charge in [-0.3, -0.25) is 0 Å². The first kappa shape index (κ1) is 15.1. The first-order valence-electron chi connectivity index (χ1n) is 5.94. The van der Waals surface area contributed by atoms with Gasteiger partial charge in [-0.25, -0.2) is 0 Å². The van der Waals surface area contributed by atoms with Gasteiger partial charge in [-0.15, -0.1) is 0 Å². The second-order valence-electron chi connectivity index (χ2n) is 3.28. The van der Waals surface area contributed by atoms with Crippen molar-refractivity contribution in [2.75, 3.05) is 19.8 Å². The highest BCUT2D eigenvalue weighted by Crippen LogP contribution is 2.19. The summed E-state index contributed by atoms with van der Waals surface area (Å²) in [5, 5.41) is 0. The first-order chi connectivity index (χ1) is 7.24. The Morgan fingerprint density at radius 1 is 0.933 bits per heavy atom. The van der Waals surface area contributed by atoms with Crippen LogP contribution in [0.25, 0.3) is 0 Å². The molecule has 91 valence electrons. The van der Waals surface area contributed by atoms with Crippen molar-refractivity contribution in [2.45, 2.75) is 46.6 Å². The molecular formula is C11H25O3Si. The molecule has 1 radical (unpaired) electrons. The van der Waals surface area contributed by atoms with Crippen LogP contribution in [0.3, 0.4) is 0 Å². The zero-order chi connectivity index (χ0) is 11.6. The average Bonchev–Trinajstić information content (AvgIpc) is 2.19. The molecule has 0 aliphatic heterocycles. The molecule has 0 N–H and O–H groups in total. The molecule has 0 saturated carbocycles. The molecule has 0 aliphatic carbocycles. The lowest BCUT2D eigenvalue weighted by atomic mass is 10.3. The molecule has 0 fully saturated rings. The molecule has 0 aromatic heterocycles. The number of unbranched alkanes of at least 4 members (excludes halogenated alkanes) is 2. The second kappa shape index (κ2) is 9.33. The topological polar surface area (TPSA) is 27.7 Å².